The topological polar surface area (TPSA) is 96.0 Å². The predicted molar refractivity (Wildman–Crippen MR) is 118 cm³/mol. The normalized spacial score (nSPS) is 11.5. The lowest BCUT2D eigenvalue weighted by Crippen LogP contribution is -1.89. The Bertz CT molecular complexity index is 1510. The Morgan fingerprint density at radius 2 is 1.87 bits per heavy atom. The van der Waals surface area contributed by atoms with Crippen molar-refractivity contribution in [2.45, 2.75) is 6.92 Å². The minimum atomic E-state index is 0.725. The van der Waals surface area contributed by atoms with Crippen LogP contribution in [0.5, 0.6) is 0 Å². The molecule has 0 unspecified atom stereocenters. The fourth-order valence-corrected chi connectivity index (χ4v) is 4.51. The minimum absolute atomic E-state index is 0.725. The lowest BCUT2D eigenvalue weighted by molar-refractivity contribution is 1.12. The summed E-state index contributed by atoms with van der Waals surface area (Å²) in [5, 5.41) is 8.72. The van der Waals surface area contributed by atoms with E-state index in [1.807, 2.05) is 24.5 Å². The monoisotopic (exact) mass is 409 g/mol. The molecule has 0 fully saturated rings. The van der Waals surface area contributed by atoms with Crippen molar-refractivity contribution in [2.24, 2.45) is 0 Å². The summed E-state index contributed by atoms with van der Waals surface area (Å²) in [4.78, 5) is 23.7. The van der Waals surface area contributed by atoms with Crippen molar-refractivity contribution in [3.63, 3.8) is 0 Å². The molecule has 6 aromatic heterocycles. The number of H-pyrrole nitrogens is 2. The highest BCUT2D eigenvalue weighted by atomic mass is 32.1. The van der Waals surface area contributed by atoms with Crippen molar-refractivity contribution < 1.29 is 0 Å². The van der Waals surface area contributed by atoms with Gasteiger partial charge in [0.1, 0.15) is 16.9 Å². The second-order valence-corrected chi connectivity index (χ2v) is 8.29. The van der Waals surface area contributed by atoms with E-state index in [9.17, 15) is 0 Å². The first-order valence-corrected chi connectivity index (χ1v) is 10.2. The van der Waals surface area contributed by atoms with Gasteiger partial charge in [-0.1, -0.05) is 0 Å². The average molecular weight is 409 g/mol. The van der Waals surface area contributed by atoms with Gasteiger partial charge in [0.05, 0.1) is 34.8 Å². The van der Waals surface area contributed by atoms with Crippen LogP contribution in [0.1, 0.15) is 4.88 Å². The molecule has 7 nitrogen and oxygen atoms in total. The van der Waals surface area contributed by atoms with Crippen LogP contribution in [0.25, 0.3) is 55.2 Å². The molecule has 0 saturated carbocycles. The van der Waals surface area contributed by atoms with Crippen molar-refractivity contribution in [1.82, 2.24) is 35.1 Å². The number of nitrogens with one attached hydrogen (secondary N) is 2. The zero-order valence-corrected chi connectivity index (χ0v) is 16.7. The standard InChI is InChI=1S/C22H15N7S/c1-12-2-5-20(30-12)14-9-24-10-18-13(14)8-17(26-18)22-21-16(28-29-22)4-3-15(27-21)19-11-23-6-7-25-19/h2-11,26H,1H3,(H,28,29). The first-order valence-electron chi connectivity index (χ1n) is 9.42. The molecule has 0 radical (unpaired) electrons. The number of hydrogen-bond donors (Lipinski definition) is 2. The molecule has 0 aliphatic rings. The van der Waals surface area contributed by atoms with Crippen LogP contribution in [0.4, 0.5) is 0 Å². The summed E-state index contributed by atoms with van der Waals surface area (Å²) >= 11 is 1.76. The summed E-state index contributed by atoms with van der Waals surface area (Å²) in [5.74, 6) is 0. The Kier molecular flexibility index (Phi) is 3.72. The van der Waals surface area contributed by atoms with Crippen LogP contribution in [-0.2, 0) is 0 Å². The Balaban J connectivity index is 1.52. The van der Waals surface area contributed by atoms with E-state index in [-0.39, 0.29) is 0 Å². The van der Waals surface area contributed by atoms with Gasteiger partial charge in [-0.15, -0.1) is 11.3 Å². The van der Waals surface area contributed by atoms with E-state index < -0.39 is 0 Å². The third-order valence-electron chi connectivity index (χ3n) is 5.04. The molecule has 6 heterocycles. The Labute approximate surface area is 174 Å². The number of aryl methyl sites for hydroxylation is 1. The maximum atomic E-state index is 4.81. The summed E-state index contributed by atoms with van der Waals surface area (Å²) in [6.45, 7) is 2.11. The van der Waals surface area contributed by atoms with Gasteiger partial charge in [-0.3, -0.25) is 20.1 Å². The number of fused-ring (bicyclic) bond motifs is 2. The van der Waals surface area contributed by atoms with Gasteiger partial charge in [0.15, 0.2) is 0 Å². The van der Waals surface area contributed by atoms with E-state index in [0.29, 0.717) is 0 Å². The zero-order chi connectivity index (χ0) is 20.1. The highest BCUT2D eigenvalue weighted by molar-refractivity contribution is 7.15. The molecule has 0 bridgehead atoms. The van der Waals surface area contributed by atoms with Crippen LogP contribution in [0.2, 0.25) is 0 Å². The van der Waals surface area contributed by atoms with Crippen molar-refractivity contribution in [3.8, 4) is 33.2 Å². The van der Waals surface area contributed by atoms with Crippen LogP contribution in [0.3, 0.4) is 0 Å². The molecule has 2 N–H and O–H groups in total. The van der Waals surface area contributed by atoms with Crippen molar-refractivity contribution in [2.75, 3.05) is 0 Å². The third-order valence-corrected chi connectivity index (χ3v) is 6.07. The van der Waals surface area contributed by atoms with E-state index in [4.69, 9.17) is 4.98 Å². The van der Waals surface area contributed by atoms with E-state index >= 15 is 0 Å². The second kappa shape index (κ2) is 6.57. The fourth-order valence-electron chi connectivity index (χ4n) is 3.62. The van der Waals surface area contributed by atoms with Gasteiger partial charge in [-0.2, -0.15) is 5.10 Å². The van der Waals surface area contributed by atoms with Crippen molar-refractivity contribution >= 4 is 33.3 Å². The number of rotatable bonds is 3. The molecule has 0 aliphatic heterocycles. The Morgan fingerprint density at radius 1 is 0.900 bits per heavy atom. The lowest BCUT2D eigenvalue weighted by Gasteiger charge is -1.99. The quantitative estimate of drug-likeness (QED) is 0.429. The Morgan fingerprint density at radius 3 is 2.70 bits per heavy atom. The minimum Gasteiger partial charge on any atom is -0.352 e. The molecule has 0 saturated heterocycles. The number of aromatic amines is 2. The summed E-state index contributed by atoms with van der Waals surface area (Å²) in [6.07, 6.45) is 8.78. The molecule has 6 rings (SSSR count). The number of hydrogen-bond acceptors (Lipinski definition) is 6. The van der Waals surface area contributed by atoms with Gasteiger partial charge < -0.3 is 4.98 Å². The van der Waals surface area contributed by atoms with Gasteiger partial charge in [0, 0.05) is 39.3 Å². The van der Waals surface area contributed by atoms with Crippen molar-refractivity contribution in [3.05, 3.63) is 66.2 Å². The lowest BCUT2D eigenvalue weighted by atomic mass is 10.1. The van der Waals surface area contributed by atoms with Crippen LogP contribution in [-0.4, -0.2) is 35.1 Å². The van der Waals surface area contributed by atoms with Crippen molar-refractivity contribution in [1.29, 1.82) is 0 Å². The van der Waals surface area contributed by atoms with E-state index in [1.165, 1.54) is 9.75 Å². The van der Waals surface area contributed by atoms with E-state index in [2.05, 4.69) is 55.3 Å². The molecule has 0 aliphatic carbocycles. The summed E-state index contributed by atoms with van der Waals surface area (Å²) < 4.78 is 0. The maximum Gasteiger partial charge on any atom is 0.135 e. The highest BCUT2D eigenvalue weighted by Crippen LogP contribution is 2.36. The number of nitrogens with zero attached hydrogens (tertiary/aromatic N) is 5. The molecule has 144 valence electrons. The smallest absolute Gasteiger partial charge is 0.135 e. The molecular formula is C22H15N7S. The highest BCUT2D eigenvalue weighted by Gasteiger charge is 2.16. The molecule has 8 heteroatoms. The van der Waals surface area contributed by atoms with Crippen LogP contribution in [0, 0.1) is 6.92 Å². The molecular weight excluding hydrogens is 394 g/mol. The average Bonchev–Trinajstić information content (AvgIpc) is 3.51. The number of pyridine rings is 2. The third kappa shape index (κ3) is 2.69. The summed E-state index contributed by atoms with van der Waals surface area (Å²) in [7, 11) is 0. The molecule has 30 heavy (non-hydrogen) atoms. The fraction of sp³-hybridized carbons (Fsp3) is 0.0455. The van der Waals surface area contributed by atoms with Crippen LogP contribution >= 0.6 is 11.3 Å². The first kappa shape index (κ1) is 17.0. The SMILES string of the molecule is Cc1ccc(-c2cncc3[nH]c(-c4n[nH]c5ccc(-c6cnccn6)nc45)cc23)s1. The van der Waals surface area contributed by atoms with Gasteiger partial charge in [-0.25, -0.2) is 4.98 Å². The maximum absolute atomic E-state index is 4.81. The van der Waals surface area contributed by atoms with Crippen LogP contribution in [0.15, 0.2) is 61.3 Å². The van der Waals surface area contributed by atoms with Gasteiger partial charge in [0.25, 0.3) is 0 Å². The predicted octanol–water partition coefficient (Wildman–Crippen LogP) is 5.00. The van der Waals surface area contributed by atoms with Gasteiger partial charge in [0.2, 0.25) is 0 Å². The van der Waals surface area contributed by atoms with E-state index in [0.717, 1.165) is 50.3 Å². The molecule has 6 aromatic rings. The Hall–Kier alpha value is -3.91. The summed E-state index contributed by atoms with van der Waals surface area (Å²) in [6, 6.07) is 10.3. The number of thiophene rings is 1. The first-order chi connectivity index (χ1) is 14.8. The molecule has 0 amide bonds. The zero-order valence-electron chi connectivity index (χ0n) is 15.9. The van der Waals surface area contributed by atoms with Crippen LogP contribution < -0.4 is 0 Å². The molecule has 0 aromatic carbocycles. The van der Waals surface area contributed by atoms with E-state index in [1.54, 1.807) is 29.9 Å². The number of aromatic nitrogens is 7. The molecule has 0 spiro atoms. The van der Waals surface area contributed by atoms with Gasteiger partial charge in [-0.05, 0) is 37.3 Å². The largest absolute Gasteiger partial charge is 0.352 e. The summed E-state index contributed by atoms with van der Waals surface area (Å²) in [5.41, 5.74) is 6.86. The molecule has 0 atom stereocenters. The van der Waals surface area contributed by atoms with Gasteiger partial charge >= 0.3 is 0 Å². The second-order valence-electron chi connectivity index (χ2n) is 7.00.